The van der Waals surface area contributed by atoms with E-state index in [0.29, 0.717) is 0 Å². The van der Waals surface area contributed by atoms with E-state index in [-0.39, 0.29) is 0 Å². The van der Waals surface area contributed by atoms with Gasteiger partial charge in [-0.05, 0) is 117 Å². The highest BCUT2D eigenvalue weighted by atomic mass is 14.2. The Kier molecular flexibility index (Phi) is 7.25. The first kappa shape index (κ1) is 30.1. The predicted octanol–water partition coefficient (Wildman–Crippen LogP) is 14.6. The molecule has 0 fully saturated rings. The molecule has 0 aliphatic carbocycles. The quantitative estimate of drug-likeness (QED) is 0.161. The lowest BCUT2D eigenvalue weighted by Crippen LogP contribution is -1.94. The largest absolute Gasteiger partial charge is 0.0622 e. The maximum absolute atomic E-state index is 2.43. The van der Waals surface area contributed by atoms with Crippen LogP contribution < -0.4 is 0 Å². The van der Waals surface area contributed by atoms with E-state index < -0.39 is 0 Å². The van der Waals surface area contributed by atoms with E-state index in [0.717, 1.165) is 0 Å². The van der Waals surface area contributed by atoms with E-state index in [2.05, 4.69) is 206 Å². The summed E-state index contributed by atoms with van der Waals surface area (Å²) in [5.74, 6) is 0. The average molecular weight is 659 g/mol. The van der Waals surface area contributed by atoms with Crippen molar-refractivity contribution < 1.29 is 0 Å². The van der Waals surface area contributed by atoms with Crippen molar-refractivity contribution in [1.82, 2.24) is 0 Å². The van der Waals surface area contributed by atoms with E-state index in [1.54, 1.807) is 0 Å². The molecule has 0 radical (unpaired) electrons. The zero-order valence-electron chi connectivity index (χ0n) is 28.6. The third-order valence-corrected chi connectivity index (χ3v) is 10.6. The second-order valence-corrected chi connectivity index (χ2v) is 13.6. The second-order valence-electron chi connectivity index (χ2n) is 13.6. The normalized spacial score (nSPS) is 11.5. The lowest BCUT2D eigenvalue weighted by molar-refractivity contribution is 1.62. The fraction of sp³-hybridized carbons (Fsp3) is 0. The standard InChI is InChI=1S/C52H34/c1-4-14-35(15-5-1)40-28-30-47-49(33-40)52(46-25-13-23-44-43(22-12-24-45(44)46)38-19-8-3-9-20-38)50-34-41(36-16-6-2-7-17-36)29-31-48(50)51(47)42-27-26-37-18-10-11-21-39(37)32-42/h1-34H. The number of fused-ring (bicyclic) bond motifs is 4. The van der Waals surface area contributed by atoms with Gasteiger partial charge in [0.1, 0.15) is 0 Å². The molecule has 0 nitrogen and oxygen atoms in total. The summed E-state index contributed by atoms with van der Waals surface area (Å²) in [6.07, 6.45) is 0. The first-order chi connectivity index (χ1) is 25.8. The fourth-order valence-electron chi connectivity index (χ4n) is 8.19. The van der Waals surface area contributed by atoms with Crippen molar-refractivity contribution >= 4 is 43.1 Å². The van der Waals surface area contributed by atoms with E-state index in [4.69, 9.17) is 0 Å². The zero-order valence-corrected chi connectivity index (χ0v) is 28.6. The van der Waals surface area contributed by atoms with Gasteiger partial charge >= 0.3 is 0 Å². The van der Waals surface area contributed by atoms with Gasteiger partial charge in [-0.15, -0.1) is 0 Å². The number of hydrogen-bond acceptors (Lipinski definition) is 0. The minimum Gasteiger partial charge on any atom is -0.0622 e. The molecule has 0 bridgehead atoms. The van der Waals surface area contributed by atoms with Crippen LogP contribution in [0.15, 0.2) is 206 Å². The summed E-state index contributed by atoms with van der Waals surface area (Å²) in [5, 5.41) is 10.0. The predicted molar refractivity (Wildman–Crippen MR) is 224 cm³/mol. The van der Waals surface area contributed by atoms with Crippen molar-refractivity contribution in [2.24, 2.45) is 0 Å². The van der Waals surface area contributed by atoms with Gasteiger partial charge in [-0.1, -0.05) is 188 Å². The fourth-order valence-corrected chi connectivity index (χ4v) is 8.19. The van der Waals surface area contributed by atoms with Gasteiger partial charge in [-0.2, -0.15) is 0 Å². The molecular weight excluding hydrogens is 625 g/mol. The molecular formula is C52H34. The van der Waals surface area contributed by atoms with Crippen LogP contribution in [0.1, 0.15) is 0 Å². The molecule has 0 aliphatic heterocycles. The molecule has 0 saturated carbocycles. The van der Waals surface area contributed by atoms with Crippen LogP contribution in [0.4, 0.5) is 0 Å². The van der Waals surface area contributed by atoms with Crippen molar-refractivity contribution in [2.45, 2.75) is 0 Å². The van der Waals surface area contributed by atoms with E-state index in [1.807, 2.05) is 0 Å². The van der Waals surface area contributed by atoms with Gasteiger partial charge in [0.05, 0.1) is 0 Å². The molecule has 0 spiro atoms. The molecule has 0 aromatic heterocycles. The lowest BCUT2D eigenvalue weighted by Gasteiger charge is -2.21. The van der Waals surface area contributed by atoms with Crippen LogP contribution in [0.5, 0.6) is 0 Å². The molecule has 10 rings (SSSR count). The lowest BCUT2D eigenvalue weighted by atomic mass is 9.82. The van der Waals surface area contributed by atoms with E-state index in [9.17, 15) is 0 Å². The Morgan fingerprint density at radius 1 is 0.192 bits per heavy atom. The van der Waals surface area contributed by atoms with Crippen LogP contribution in [-0.4, -0.2) is 0 Å². The van der Waals surface area contributed by atoms with Crippen LogP contribution in [0.25, 0.3) is 98.7 Å². The minimum atomic E-state index is 1.21. The summed E-state index contributed by atoms with van der Waals surface area (Å²) in [6.45, 7) is 0. The van der Waals surface area contributed by atoms with Crippen molar-refractivity contribution in [3.05, 3.63) is 206 Å². The van der Waals surface area contributed by atoms with Crippen LogP contribution in [-0.2, 0) is 0 Å². The van der Waals surface area contributed by atoms with Gasteiger partial charge in [0.25, 0.3) is 0 Å². The van der Waals surface area contributed by atoms with Crippen molar-refractivity contribution in [2.75, 3.05) is 0 Å². The summed E-state index contributed by atoms with van der Waals surface area (Å²) in [7, 11) is 0. The minimum absolute atomic E-state index is 1.21. The number of benzene rings is 10. The third-order valence-electron chi connectivity index (χ3n) is 10.6. The van der Waals surface area contributed by atoms with E-state index >= 15 is 0 Å². The Labute approximate surface area is 303 Å². The Hall–Kier alpha value is -6.76. The molecule has 0 heteroatoms. The molecule has 0 heterocycles. The molecule has 0 amide bonds. The van der Waals surface area contributed by atoms with Crippen molar-refractivity contribution in [3.8, 4) is 55.6 Å². The van der Waals surface area contributed by atoms with Gasteiger partial charge in [0, 0.05) is 0 Å². The monoisotopic (exact) mass is 658 g/mol. The molecule has 10 aromatic carbocycles. The topological polar surface area (TPSA) is 0 Å². The van der Waals surface area contributed by atoms with Crippen LogP contribution >= 0.6 is 0 Å². The summed E-state index contributed by atoms with van der Waals surface area (Å²) in [6, 6.07) is 75.7. The molecule has 0 atom stereocenters. The van der Waals surface area contributed by atoms with Crippen LogP contribution in [0, 0.1) is 0 Å². The molecule has 0 N–H and O–H groups in total. The highest BCUT2D eigenvalue weighted by Crippen LogP contribution is 2.48. The summed E-state index contributed by atoms with van der Waals surface area (Å²) in [5.41, 5.74) is 12.3. The highest BCUT2D eigenvalue weighted by molar-refractivity contribution is 6.25. The average Bonchev–Trinajstić information content (AvgIpc) is 3.23. The van der Waals surface area contributed by atoms with Crippen LogP contribution in [0.3, 0.4) is 0 Å². The SMILES string of the molecule is c1ccc(-c2ccc3c(-c4ccc5ccccc5c4)c4ccc(-c5ccccc5)cc4c(-c4cccc5c(-c6ccccc6)cccc45)c3c2)cc1. The molecule has 10 aromatic rings. The maximum atomic E-state index is 2.43. The maximum Gasteiger partial charge on any atom is -0.00197 e. The zero-order chi connectivity index (χ0) is 34.4. The first-order valence-corrected chi connectivity index (χ1v) is 18.0. The highest BCUT2D eigenvalue weighted by Gasteiger charge is 2.20. The third kappa shape index (κ3) is 5.08. The van der Waals surface area contributed by atoms with Gasteiger partial charge in [-0.3, -0.25) is 0 Å². The first-order valence-electron chi connectivity index (χ1n) is 18.0. The van der Waals surface area contributed by atoms with Crippen LogP contribution in [0.2, 0.25) is 0 Å². The van der Waals surface area contributed by atoms with Gasteiger partial charge in [-0.25, -0.2) is 0 Å². The summed E-state index contributed by atoms with van der Waals surface area (Å²) in [4.78, 5) is 0. The Morgan fingerprint density at radius 3 is 1.27 bits per heavy atom. The number of rotatable bonds is 5. The smallest absolute Gasteiger partial charge is 0.00197 e. The van der Waals surface area contributed by atoms with Gasteiger partial charge in [0.15, 0.2) is 0 Å². The summed E-state index contributed by atoms with van der Waals surface area (Å²) >= 11 is 0. The summed E-state index contributed by atoms with van der Waals surface area (Å²) < 4.78 is 0. The Bertz CT molecular complexity index is 2820. The molecule has 0 saturated heterocycles. The Balaban J connectivity index is 1.37. The van der Waals surface area contributed by atoms with E-state index in [1.165, 1.54) is 98.7 Å². The molecule has 242 valence electrons. The van der Waals surface area contributed by atoms with Crippen molar-refractivity contribution in [1.29, 1.82) is 0 Å². The molecule has 0 unspecified atom stereocenters. The van der Waals surface area contributed by atoms with Gasteiger partial charge < -0.3 is 0 Å². The van der Waals surface area contributed by atoms with Gasteiger partial charge in [0.2, 0.25) is 0 Å². The number of hydrogen-bond donors (Lipinski definition) is 0. The second kappa shape index (κ2) is 12.5. The Morgan fingerprint density at radius 2 is 0.673 bits per heavy atom. The molecule has 52 heavy (non-hydrogen) atoms. The van der Waals surface area contributed by atoms with Crippen molar-refractivity contribution in [3.63, 3.8) is 0 Å². The molecule has 0 aliphatic rings.